The summed E-state index contributed by atoms with van der Waals surface area (Å²) in [5.74, 6) is -0.814. The Bertz CT molecular complexity index is 1570. The van der Waals surface area contributed by atoms with Crippen molar-refractivity contribution in [3.8, 4) is 0 Å². The summed E-state index contributed by atoms with van der Waals surface area (Å²) in [6.07, 6.45) is 1.97. The lowest BCUT2D eigenvalue weighted by atomic mass is 9.89. The number of nitrogens with zero attached hydrogens (tertiary/aromatic N) is 5. The molecule has 258 valence electrons. The van der Waals surface area contributed by atoms with Crippen molar-refractivity contribution in [3.63, 3.8) is 0 Å². The summed E-state index contributed by atoms with van der Waals surface area (Å²) in [5.41, 5.74) is 1.06. The van der Waals surface area contributed by atoms with Crippen LogP contribution in [0.25, 0.3) is 11.0 Å². The second kappa shape index (κ2) is 13.4. The van der Waals surface area contributed by atoms with E-state index in [2.05, 4.69) is 27.2 Å². The van der Waals surface area contributed by atoms with Gasteiger partial charge >= 0.3 is 17.8 Å². The molecule has 1 N–H and O–H groups in total. The molecule has 0 bridgehead atoms. The molecule has 0 aliphatic carbocycles. The normalized spacial score (nSPS) is 22.4. The van der Waals surface area contributed by atoms with Crippen LogP contribution in [-0.4, -0.2) is 111 Å². The third-order valence-corrected chi connectivity index (χ3v) is 9.20. The van der Waals surface area contributed by atoms with Gasteiger partial charge in [-0.2, -0.15) is 0 Å². The van der Waals surface area contributed by atoms with Crippen LogP contribution < -0.4 is 11.0 Å². The Hall–Kier alpha value is -3.71. The molecule has 2 aromatic rings. The van der Waals surface area contributed by atoms with Crippen LogP contribution in [0.15, 0.2) is 23.0 Å². The number of imide groups is 1. The van der Waals surface area contributed by atoms with E-state index >= 15 is 0 Å². The van der Waals surface area contributed by atoms with Gasteiger partial charge in [0.05, 0.1) is 11.0 Å². The van der Waals surface area contributed by atoms with E-state index < -0.39 is 41.3 Å². The number of esters is 1. The first-order chi connectivity index (χ1) is 22.0. The summed E-state index contributed by atoms with van der Waals surface area (Å²) in [6.45, 7) is 15.8. The molecule has 3 fully saturated rings. The minimum Gasteiger partial charge on any atom is -0.458 e. The van der Waals surface area contributed by atoms with Crippen LogP contribution >= 0.6 is 0 Å². The molecule has 13 heteroatoms. The molecular weight excluding hydrogens is 604 g/mol. The zero-order chi connectivity index (χ0) is 34.3. The van der Waals surface area contributed by atoms with Crippen LogP contribution in [0, 0.1) is 0 Å². The smallest absolute Gasteiger partial charge is 0.411 e. The number of amides is 3. The van der Waals surface area contributed by atoms with Crippen LogP contribution in [0.1, 0.15) is 84.7 Å². The molecule has 3 saturated heterocycles. The Labute approximate surface area is 276 Å². The van der Waals surface area contributed by atoms with Gasteiger partial charge < -0.3 is 14.4 Å². The number of aryl methyl sites for hydroxylation is 1. The van der Waals surface area contributed by atoms with E-state index in [1.807, 2.05) is 47.6 Å². The molecule has 0 saturated carbocycles. The molecule has 4 heterocycles. The predicted octanol–water partition coefficient (Wildman–Crippen LogP) is 2.76. The number of benzene rings is 1. The number of carbonyl (C=O) groups excluding carboxylic acids is 4. The number of piperidine rings is 2. The molecule has 2 atom stereocenters. The monoisotopic (exact) mass is 654 g/mol. The van der Waals surface area contributed by atoms with E-state index in [9.17, 15) is 24.0 Å². The molecular formula is C34H50N6O7. The highest BCUT2D eigenvalue weighted by atomic mass is 16.6. The van der Waals surface area contributed by atoms with Crippen molar-refractivity contribution in [2.75, 3.05) is 45.8 Å². The number of rotatable bonds is 6. The predicted molar refractivity (Wildman–Crippen MR) is 176 cm³/mol. The van der Waals surface area contributed by atoms with Crippen LogP contribution in [0.4, 0.5) is 4.79 Å². The highest BCUT2D eigenvalue weighted by molar-refractivity contribution is 6.00. The molecule has 5 rings (SSSR count). The second-order valence-electron chi connectivity index (χ2n) is 15.1. The van der Waals surface area contributed by atoms with Gasteiger partial charge in [0.15, 0.2) is 0 Å². The first-order valence-electron chi connectivity index (χ1n) is 16.7. The number of nitrogens with one attached hydrogen (secondary N) is 1. The Morgan fingerprint density at radius 3 is 2.15 bits per heavy atom. The number of carbonyl (C=O) groups is 4. The van der Waals surface area contributed by atoms with Crippen molar-refractivity contribution in [1.29, 1.82) is 0 Å². The van der Waals surface area contributed by atoms with Crippen molar-refractivity contribution in [2.45, 2.75) is 96.4 Å². The van der Waals surface area contributed by atoms with Gasteiger partial charge in [0.25, 0.3) is 0 Å². The maximum absolute atomic E-state index is 13.2. The summed E-state index contributed by atoms with van der Waals surface area (Å²) in [5, 5.41) is 2.36. The van der Waals surface area contributed by atoms with E-state index in [0.29, 0.717) is 37.5 Å². The lowest BCUT2D eigenvalue weighted by molar-refractivity contribution is -0.163. The number of likely N-dealkylation sites (tertiary alicyclic amines) is 1. The van der Waals surface area contributed by atoms with Gasteiger partial charge in [0, 0.05) is 46.2 Å². The number of imidazole rings is 1. The fourth-order valence-electron chi connectivity index (χ4n) is 6.79. The first kappa shape index (κ1) is 34.6. The number of piperazine rings is 1. The average Bonchev–Trinajstić information content (AvgIpc) is 3.23. The summed E-state index contributed by atoms with van der Waals surface area (Å²) in [6, 6.07) is 4.63. The van der Waals surface area contributed by atoms with Gasteiger partial charge in [-0.3, -0.25) is 33.8 Å². The van der Waals surface area contributed by atoms with Crippen molar-refractivity contribution in [2.24, 2.45) is 7.05 Å². The third kappa shape index (κ3) is 8.06. The summed E-state index contributed by atoms with van der Waals surface area (Å²) in [4.78, 5) is 69.7. The summed E-state index contributed by atoms with van der Waals surface area (Å²) < 4.78 is 14.4. The van der Waals surface area contributed by atoms with Crippen LogP contribution in [0.5, 0.6) is 0 Å². The highest BCUT2D eigenvalue weighted by Gasteiger charge is 2.40. The van der Waals surface area contributed by atoms with Gasteiger partial charge in [-0.1, -0.05) is 6.07 Å². The van der Waals surface area contributed by atoms with Gasteiger partial charge in [-0.05, 0) is 97.5 Å². The maximum Gasteiger partial charge on any atom is 0.411 e. The van der Waals surface area contributed by atoms with E-state index in [1.165, 1.54) is 15.0 Å². The molecule has 0 spiro atoms. The topological polar surface area (TPSA) is 135 Å². The van der Waals surface area contributed by atoms with Crippen LogP contribution in [-0.2, 0) is 30.9 Å². The van der Waals surface area contributed by atoms with E-state index in [1.54, 1.807) is 11.6 Å². The molecule has 0 radical (unpaired) electrons. The lowest BCUT2D eigenvalue weighted by Crippen LogP contribution is -2.60. The van der Waals surface area contributed by atoms with Gasteiger partial charge in [0.1, 0.15) is 23.3 Å². The molecule has 1 aromatic carbocycles. The van der Waals surface area contributed by atoms with Crippen molar-refractivity contribution < 1.29 is 28.7 Å². The number of aromatic nitrogens is 2. The van der Waals surface area contributed by atoms with Gasteiger partial charge in [-0.25, -0.2) is 14.4 Å². The fourth-order valence-corrected chi connectivity index (χ4v) is 6.79. The van der Waals surface area contributed by atoms with Gasteiger partial charge in [-0.15, -0.1) is 0 Å². The molecule has 1 unspecified atom stereocenters. The molecule has 1 aromatic heterocycles. The fraction of sp³-hybridized carbons (Fsp3) is 0.676. The Morgan fingerprint density at radius 2 is 1.51 bits per heavy atom. The van der Waals surface area contributed by atoms with Crippen molar-refractivity contribution in [3.05, 3.63) is 34.2 Å². The van der Waals surface area contributed by atoms with Crippen molar-refractivity contribution in [1.82, 2.24) is 29.2 Å². The largest absolute Gasteiger partial charge is 0.458 e. The standard InChI is InChI=1S/C34H50N6O7/c1-33(2,3)46-30(43)27-21-38(18-19-39(27)32(45)47-34(4,5)6)17-16-37-14-12-22(13-15-37)23-8-9-24-26(20-23)36(7)31(44)40(24)25-10-11-28(41)35-29(25)42/h8-9,20,22,25,27H,10-19,21H2,1-7H3,(H,35,41,42)/t25?,27-/m0/s1. The van der Waals surface area contributed by atoms with E-state index in [0.717, 1.165) is 44.5 Å². The number of hydrogen-bond donors (Lipinski definition) is 1. The highest BCUT2D eigenvalue weighted by Crippen LogP contribution is 2.31. The molecule has 47 heavy (non-hydrogen) atoms. The summed E-state index contributed by atoms with van der Waals surface area (Å²) in [7, 11) is 1.72. The maximum atomic E-state index is 13.2. The minimum atomic E-state index is -0.737. The molecule has 3 amide bonds. The van der Waals surface area contributed by atoms with Gasteiger partial charge in [0.2, 0.25) is 11.8 Å². The second-order valence-corrected chi connectivity index (χ2v) is 15.1. The molecule has 3 aliphatic rings. The minimum absolute atomic E-state index is 0.211. The quantitative estimate of drug-likeness (QED) is 0.369. The number of fused-ring (bicyclic) bond motifs is 1. The summed E-state index contributed by atoms with van der Waals surface area (Å²) >= 11 is 0. The Morgan fingerprint density at radius 1 is 0.851 bits per heavy atom. The Balaban J connectivity index is 1.18. The third-order valence-electron chi connectivity index (χ3n) is 9.20. The Kier molecular flexibility index (Phi) is 9.89. The zero-order valence-corrected chi connectivity index (χ0v) is 28.8. The van der Waals surface area contributed by atoms with E-state index in [4.69, 9.17) is 9.47 Å². The molecule has 3 aliphatic heterocycles. The van der Waals surface area contributed by atoms with Crippen LogP contribution in [0.3, 0.4) is 0 Å². The average molecular weight is 655 g/mol. The van der Waals surface area contributed by atoms with E-state index in [-0.39, 0.29) is 18.0 Å². The number of ether oxygens (including phenoxy) is 2. The lowest BCUT2D eigenvalue weighted by Gasteiger charge is -2.42. The first-order valence-corrected chi connectivity index (χ1v) is 16.7. The number of hydrogen-bond acceptors (Lipinski definition) is 9. The zero-order valence-electron chi connectivity index (χ0n) is 28.8. The van der Waals surface area contributed by atoms with Crippen LogP contribution in [0.2, 0.25) is 0 Å². The van der Waals surface area contributed by atoms with Crippen molar-refractivity contribution >= 4 is 34.9 Å². The SMILES string of the molecule is Cn1c(=O)n(C2CCC(=O)NC2=O)c2ccc(C3CCN(CCN4CCN(C(=O)OC(C)(C)C)[C@H](C(=O)OC(C)(C)C)C4)CC3)cc21. The molecule has 13 nitrogen and oxygen atoms in total.